The van der Waals surface area contributed by atoms with Gasteiger partial charge in [0.2, 0.25) is 5.91 Å². The van der Waals surface area contributed by atoms with Crippen molar-refractivity contribution in [3.63, 3.8) is 0 Å². The average molecular weight is 354 g/mol. The molecule has 1 aromatic rings. The highest BCUT2D eigenvalue weighted by Crippen LogP contribution is 2.53. The summed E-state index contributed by atoms with van der Waals surface area (Å²) in [6.45, 7) is 0.529. The van der Waals surface area contributed by atoms with E-state index in [4.69, 9.17) is 4.74 Å². The van der Waals surface area contributed by atoms with Crippen LogP contribution in [0.2, 0.25) is 0 Å². The molecule has 3 unspecified atom stereocenters. The van der Waals surface area contributed by atoms with Gasteiger partial charge < -0.3 is 10.1 Å². The van der Waals surface area contributed by atoms with E-state index in [2.05, 4.69) is 28.5 Å². The molecule has 1 aromatic carbocycles. The summed E-state index contributed by atoms with van der Waals surface area (Å²) in [5.74, 6) is 2.04. The lowest BCUT2D eigenvalue weighted by molar-refractivity contribution is -0.125. The van der Waals surface area contributed by atoms with E-state index in [0.29, 0.717) is 6.54 Å². The van der Waals surface area contributed by atoms with Gasteiger partial charge in [-0.3, -0.25) is 9.79 Å². The van der Waals surface area contributed by atoms with Crippen molar-refractivity contribution in [2.45, 2.75) is 24.1 Å². The summed E-state index contributed by atoms with van der Waals surface area (Å²) < 4.78 is 5.25. The molecule has 0 aromatic heterocycles. The number of rotatable bonds is 4. The third-order valence-electron chi connectivity index (χ3n) is 5.34. The topological polar surface area (TPSA) is 50.7 Å². The molecule has 0 saturated carbocycles. The lowest BCUT2D eigenvalue weighted by Gasteiger charge is -2.38. The highest BCUT2D eigenvalue weighted by atomic mass is 32.2. The van der Waals surface area contributed by atoms with E-state index in [-0.39, 0.29) is 22.5 Å². The number of ether oxygens (including phenoxy) is 1. The van der Waals surface area contributed by atoms with Gasteiger partial charge in [-0.25, -0.2) is 0 Å². The molecule has 0 radical (unpaired) electrons. The van der Waals surface area contributed by atoms with Crippen LogP contribution in [-0.4, -0.2) is 29.2 Å². The van der Waals surface area contributed by atoms with Crippen molar-refractivity contribution in [2.75, 3.05) is 12.9 Å². The van der Waals surface area contributed by atoms with E-state index in [1.165, 1.54) is 5.71 Å². The SMILES string of the molecule is COc1cccc(CNC(=O)C2CSC34CC=CCC3=NC=CC24)c1. The molecule has 3 atom stereocenters. The molecule has 1 aliphatic carbocycles. The number of carbonyl (C=O) groups excluding carboxylic acids is 1. The van der Waals surface area contributed by atoms with Crippen molar-refractivity contribution < 1.29 is 9.53 Å². The van der Waals surface area contributed by atoms with Crippen LogP contribution in [0.1, 0.15) is 18.4 Å². The molecule has 4 nitrogen and oxygen atoms in total. The van der Waals surface area contributed by atoms with Crippen LogP contribution in [0.4, 0.5) is 0 Å². The maximum Gasteiger partial charge on any atom is 0.224 e. The molecular formula is C20H22N2O2S. The molecule has 1 N–H and O–H groups in total. The number of methoxy groups -OCH3 is 1. The number of nitrogens with one attached hydrogen (secondary N) is 1. The third kappa shape index (κ3) is 2.91. The summed E-state index contributed by atoms with van der Waals surface area (Å²) in [5, 5.41) is 3.12. The minimum absolute atomic E-state index is 0.00146. The summed E-state index contributed by atoms with van der Waals surface area (Å²) in [5.41, 5.74) is 2.28. The second-order valence-electron chi connectivity index (χ2n) is 6.70. The highest BCUT2D eigenvalue weighted by molar-refractivity contribution is 8.01. The first-order chi connectivity index (χ1) is 12.2. The van der Waals surface area contributed by atoms with Gasteiger partial charge in [0, 0.05) is 36.5 Å². The normalized spacial score (nSPS) is 29.6. The molecular weight excluding hydrogens is 332 g/mol. The molecule has 130 valence electrons. The summed E-state index contributed by atoms with van der Waals surface area (Å²) in [4.78, 5) is 17.5. The molecule has 0 bridgehead atoms. The van der Waals surface area contributed by atoms with Gasteiger partial charge in [-0.2, -0.15) is 0 Å². The Morgan fingerprint density at radius 3 is 3.24 bits per heavy atom. The number of allylic oxidation sites excluding steroid dienone is 3. The number of hydrogen-bond donors (Lipinski definition) is 1. The Labute approximate surface area is 152 Å². The van der Waals surface area contributed by atoms with Gasteiger partial charge in [0.1, 0.15) is 5.75 Å². The standard InChI is InChI=1S/C20H22N2O2S/c1-24-15-6-4-5-14(11-15)12-22-19(23)16-13-25-20-9-3-2-7-18(20)21-10-8-17(16)20/h2-6,8,10-11,16-17H,7,9,12-13H2,1H3,(H,22,23). The van der Waals surface area contributed by atoms with Crippen LogP contribution in [0.25, 0.3) is 0 Å². The zero-order chi connectivity index (χ0) is 17.3. The van der Waals surface area contributed by atoms with E-state index in [1.54, 1.807) is 7.11 Å². The number of benzene rings is 1. The number of hydrogen-bond acceptors (Lipinski definition) is 4. The largest absolute Gasteiger partial charge is 0.497 e. The molecule has 4 rings (SSSR count). The van der Waals surface area contributed by atoms with Crippen molar-refractivity contribution in [3.8, 4) is 5.75 Å². The Bertz CT molecular complexity index is 771. The maximum atomic E-state index is 12.9. The molecule has 1 spiro atoms. The first-order valence-corrected chi connectivity index (χ1v) is 9.65. The van der Waals surface area contributed by atoms with E-state index in [9.17, 15) is 4.79 Å². The fraction of sp³-hybridized carbons (Fsp3) is 0.400. The molecule has 2 aliphatic heterocycles. The monoisotopic (exact) mass is 354 g/mol. The maximum absolute atomic E-state index is 12.9. The van der Waals surface area contributed by atoms with E-state index in [0.717, 1.165) is 29.9 Å². The van der Waals surface area contributed by atoms with Crippen LogP contribution >= 0.6 is 11.8 Å². The molecule has 5 heteroatoms. The van der Waals surface area contributed by atoms with E-state index in [1.807, 2.05) is 42.2 Å². The Morgan fingerprint density at radius 1 is 1.44 bits per heavy atom. The van der Waals surface area contributed by atoms with Crippen molar-refractivity contribution in [3.05, 3.63) is 54.3 Å². The Balaban J connectivity index is 1.46. The van der Waals surface area contributed by atoms with Crippen molar-refractivity contribution in [1.82, 2.24) is 5.32 Å². The predicted molar refractivity (Wildman–Crippen MR) is 102 cm³/mol. The fourth-order valence-corrected chi connectivity index (χ4v) is 5.78. The summed E-state index contributed by atoms with van der Waals surface area (Å²) in [7, 11) is 1.65. The number of carbonyl (C=O) groups is 1. The second-order valence-corrected chi connectivity index (χ2v) is 8.05. The number of thioether (sulfide) groups is 1. The minimum atomic E-state index is 0.00146. The lowest BCUT2D eigenvalue weighted by atomic mass is 9.73. The van der Waals surface area contributed by atoms with Crippen molar-refractivity contribution in [1.29, 1.82) is 0 Å². The Kier molecular flexibility index (Phi) is 4.42. The molecule has 1 fully saturated rings. The smallest absolute Gasteiger partial charge is 0.224 e. The van der Waals surface area contributed by atoms with Gasteiger partial charge >= 0.3 is 0 Å². The molecule has 2 heterocycles. The fourth-order valence-electron chi connectivity index (χ4n) is 4.00. The number of nitrogens with zero attached hydrogens (tertiary/aromatic N) is 1. The van der Waals surface area contributed by atoms with Gasteiger partial charge in [0.25, 0.3) is 0 Å². The molecule has 3 aliphatic rings. The van der Waals surface area contributed by atoms with Gasteiger partial charge in [0.05, 0.1) is 17.8 Å². The average Bonchev–Trinajstić information content (AvgIpc) is 3.04. The van der Waals surface area contributed by atoms with Gasteiger partial charge in [-0.1, -0.05) is 30.4 Å². The van der Waals surface area contributed by atoms with Gasteiger partial charge in [0.15, 0.2) is 0 Å². The van der Waals surface area contributed by atoms with Crippen molar-refractivity contribution >= 4 is 23.4 Å². The Morgan fingerprint density at radius 2 is 2.36 bits per heavy atom. The van der Waals surface area contributed by atoms with Crippen LogP contribution in [0.15, 0.2) is 53.7 Å². The molecule has 1 saturated heterocycles. The Hall–Kier alpha value is -2.01. The predicted octanol–water partition coefficient (Wildman–Crippen LogP) is 3.35. The summed E-state index contributed by atoms with van der Waals surface area (Å²) in [6.07, 6.45) is 10.4. The zero-order valence-electron chi connectivity index (χ0n) is 14.3. The number of aliphatic imine (C=N–C) groups is 1. The second kappa shape index (κ2) is 6.71. The van der Waals surface area contributed by atoms with E-state index >= 15 is 0 Å². The lowest BCUT2D eigenvalue weighted by Crippen LogP contribution is -2.45. The number of amides is 1. The van der Waals surface area contributed by atoms with Gasteiger partial charge in [-0.05, 0) is 24.1 Å². The van der Waals surface area contributed by atoms with Crippen LogP contribution in [0, 0.1) is 11.8 Å². The van der Waals surface area contributed by atoms with Crippen LogP contribution in [-0.2, 0) is 11.3 Å². The third-order valence-corrected chi connectivity index (χ3v) is 7.06. The van der Waals surface area contributed by atoms with Crippen LogP contribution in [0.5, 0.6) is 5.75 Å². The zero-order valence-corrected chi connectivity index (χ0v) is 15.1. The highest BCUT2D eigenvalue weighted by Gasteiger charge is 2.54. The quantitative estimate of drug-likeness (QED) is 0.844. The molecule has 25 heavy (non-hydrogen) atoms. The van der Waals surface area contributed by atoms with Gasteiger partial charge in [-0.15, -0.1) is 11.8 Å². The summed E-state index contributed by atoms with van der Waals surface area (Å²) >= 11 is 1.91. The van der Waals surface area contributed by atoms with Crippen LogP contribution < -0.4 is 10.1 Å². The molecule has 1 amide bonds. The minimum Gasteiger partial charge on any atom is -0.497 e. The first kappa shape index (κ1) is 16.5. The van der Waals surface area contributed by atoms with E-state index < -0.39 is 0 Å². The van der Waals surface area contributed by atoms with Crippen molar-refractivity contribution in [2.24, 2.45) is 16.8 Å². The first-order valence-electron chi connectivity index (χ1n) is 8.66. The van der Waals surface area contributed by atoms with Crippen LogP contribution in [0.3, 0.4) is 0 Å². The summed E-state index contributed by atoms with van der Waals surface area (Å²) in [6, 6.07) is 7.82.